The summed E-state index contributed by atoms with van der Waals surface area (Å²) in [5, 5.41) is 8.85. The van der Waals surface area contributed by atoms with Gasteiger partial charge in [-0.1, -0.05) is 6.92 Å². The first-order chi connectivity index (χ1) is 6.77. The molecule has 0 saturated carbocycles. The molecule has 0 aromatic carbocycles. The molecule has 0 fully saturated rings. The number of hydrogen-bond donors (Lipinski definition) is 2. The molecule has 0 bridgehead atoms. The molecule has 1 atom stereocenters. The van der Waals surface area contributed by atoms with Gasteiger partial charge in [-0.25, -0.2) is 0 Å². The third kappa shape index (κ3) is 3.40. The summed E-state index contributed by atoms with van der Waals surface area (Å²) in [7, 11) is -4.64. The van der Waals surface area contributed by atoms with Crippen molar-refractivity contribution < 1.29 is 14.3 Å². The normalized spacial score (nSPS) is 18.4. The van der Waals surface area contributed by atoms with Gasteiger partial charge in [-0.05, 0) is 53.4 Å². The molecule has 0 heterocycles. The predicted molar refractivity (Wildman–Crippen MR) is 73.3 cm³/mol. The van der Waals surface area contributed by atoms with Gasteiger partial charge < -0.3 is 14.3 Å². The van der Waals surface area contributed by atoms with Crippen molar-refractivity contribution in [2.45, 2.75) is 70.8 Å². The smallest absolute Gasteiger partial charge is 0.217 e. The molecule has 3 nitrogen and oxygen atoms in total. The highest BCUT2D eigenvalue weighted by atomic mass is 28.4. The van der Waals surface area contributed by atoms with Gasteiger partial charge in [0.25, 0.3) is 0 Å². The Labute approximate surface area is 102 Å². The van der Waals surface area contributed by atoms with Gasteiger partial charge in [0.2, 0.25) is 16.6 Å². The highest BCUT2D eigenvalue weighted by molar-refractivity contribution is 6.77. The van der Waals surface area contributed by atoms with E-state index in [1.165, 1.54) is 0 Å². The van der Waals surface area contributed by atoms with Crippen LogP contribution in [0.15, 0.2) is 0 Å². The summed E-state index contributed by atoms with van der Waals surface area (Å²) in [6.07, 6.45) is 0.773. The van der Waals surface area contributed by atoms with Crippen LogP contribution in [0.3, 0.4) is 0 Å². The summed E-state index contributed by atoms with van der Waals surface area (Å²) >= 11 is 0. The lowest BCUT2D eigenvalue weighted by Crippen LogP contribution is -2.64. The number of hydrogen-bond acceptors (Lipinski definition) is 3. The maximum Gasteiger partial charge on any atom is 0.217 e. The number of rotatable bonds is 5. The van der Waals surface area contributed by atoms with E-state index in [-0.39, 0.29) is 0 Å². The van der Waals surface area contributed by atoms with E-state index >= 15 is 0 Å². The van der Waals surface area contributed by atoms with Gasteiger partial charge in [-0.3, -0.25) is 0 Å². The second-order valence-electron chi connectivity index (χ2n) is 6.31. The summed E-state index contributed by atoms with van der Waals surface area (Å²) in [5.41, 5.74) is 0. The Balaban J connectivity index is 5.08. The Morgan fingerprint density at radius 1 is 1.06 bits per heavy atom. The van der Waals surface area contributed by atoms with Gasteiger partial charge in [-0.2, -0.15) is 0 Å². The van der Waals surface area contributed by atoms with Gasteiger partial charge in [0.15, 0.2) is 0 Å². The molecule has 2 N–H and O–H groups in total. The van der Waals surface area contributed by atoms with Crippen LogP contribution in [0.5, 0.6) is 0 Å². The molecule has 0 aromatic rings. The zero-order valence-corrected chi connectivity index (χ0v) is 14.0. The van der Waals surface area contributed by atoms with E-state index in [2.05, 4.69) is 0 Å². The molecule has 98 valence electrons. The standard InChI is InChI=1S/C11H28O3Si2/c1-9-11(4,15(5,6)13)14-16(7,8)10(2,3)12/h12-13H,9H2,1-8H3. The van der Waals surface area contributed by atoms with Crippen LogP contribution in [0.4, 0.5) is 0 Å². The van der Waals surface area contributed by atoms with E-state index in [0.717, 1.165) is 6.42 Å². The van der Waals surface area contributed by atoms with Crippen molar-refractivity contribution in [2.75, 3.05) is 0 Å². The van der Waals surface area contributed by atoms with Crippen LogP contribution >= 0.6 is 0 Å². The summed E-state index contributed by atoms with van der Waals surface area (Å²) in [4.78, 5) is 10.3. The fraction of sp³-hybridized carbons (Fsp3) is 1.00. The minimum absolute atomic E-state index is 0.483. The minimum atomic E-state index is -2.40. The second kappa shape index (κ2) is 4.53. The van der Waals surface area contributed by atoms with Crippen LogP contribution in [-0.2, 0) is 4.43 Å². The van der Waals surface area contributed by atoms with Crippen molar-refractivity contribution in [1.29, 1.82) is 0 Å². The molecule has 0 rings (SSSR count). The van der Waals surface area contributed by atoms with Crippen molar-refractivity contribution in [2.24, 2.45) is 0 Å². The van der Waals surface area contributed by atoms with Gasteiger partial charge in [0, 0.05) is 0 Å². The fourth-order valence-corrected chi connectivity index (χ4v) is 5.47. The van der Waals surface area contributed by atoms with Crippen molar-refractivity contribution in [1.82, 2.24) is 0 Å². The molecule has 0 aliphatic carbocycles. The first-order valence-corrected chi connectivity index (χ1v) is 11.8. The molecule has 5 heteroatoms. The van der Waals surface area contributed by atoms with Crippen LogP contribution in [0.2, 0.25) is 26.2 Å². The SMILES string of the molecule is CCC(C)(O[Si](C)(C)C(C)(C)O)[Si](C)(C)O. The molecule has 0 saturated heterocycles. The maximum absolute atomic E-state index is 10.3. The highest BCUT2D eigenvalue weighted by Gasteiger charge is 2.50. The Morgan fingerprint density at radius 3 is 1.62 bits per heavy atom. The van der Waals surface area contributed by atoms with Gasteiger partial charge in [-0.15, -0.1) is 0 Å². The summed E-state index contributed by atoms with van der Waals surface area (Å²) in [6.45, 7) is 15.4. The van der Waals surface area contributed by atoms with Crippen molar-refractivity contribution in [3.63, 3.8) is 0 Å². The zero-order valence-electron chi connectivity index (χ0n) is 12.0. The number of aliphatic hydroxyl groups is 1. The van der Waals surface area contributed by atoms with Crippen molar-refractivity contribution >= 4 is 16.6 Å². The summed E-state index contributed by atoms with van der Waals surface area (Å²) in [6, 6.07) is 0. The van der Waals surface area contributed by atoms with Gasteiger partial charge in [0.05, 0.1) is 10.4 Å². The third-order valence-electron chi connectivity index (χ3n) is 3.92. The van der Waals surface area contributed by atoms with E-state index in [0.29, 0.717) is 0 Å². The van der Waals surface area contributed by atoms with Crippen LogP contribution in [0.25, 0.3) is 0 Å². The molecule has 0 spiro atoms. The third-order valence-corrected chi connectivity index (χ3v) is 11.1. The predicted octanol–water partition coefficient (Wildman–Crippen LogP) is 2.42. The average Bonchev–Trinajstić information content (AvgIpc) is 1.99. The van der Waals surface area contributed by atoms with E-state index in [9.17, 15) is 9.90 Å². The Kier molecular flexibility index (Phi) is 4.62. The molecule has 16 heavy (non-hydrogen) atoms. The van der Waals surface area contributed by atoms with Gasteiger partial charge in [0.1, 0.15) is 0 Å². The molecular formula is C11H28O3Si2. The first-order valence-electron chi connectivity index (χ1n) is 5.92. The van der Waals surface area contributed by atoms with Crippen LogP contribution in [0.1, 0.15) is 34.1 Å². The summed E-state index contributed by atoms with van der Waals surface area (Å²) < 4.78 is 6.20. The Bertz CT molecular complexity index is 241. The quantitative estimate of drug-likeness (QED) is 0.750. The molecule has 0 aliphatic rings. The largest absolute Gasteiger partial charge is 0.429 e. The van der Waals surface area contributed by atoms with Crippen molar-refractivity contribution in [3.8, 4) is 0 Å². The maximum atomic E-state index is 10.3. The van der Waals surface area contributed by atoms with Crippen LogP contribution in [-0.4, -0.2) is 37.0 Å². The fourth-order valence-electron chi connectivity index (χ4n) is 1.32. The molecule has 0 aliphatic heterocycles. The first kappa shape index (κ1) is 16.3. The molecule has 1 unspecified atom stereocenters. The van der Waals surface area contributed by atoms with Crippen LogP contribution < -0.4 is 0 Å². The zero-order chi connectivity index (χ0) is 13.4. The lowest BCUT2D eigenvalue weighted by molar-refractivity contribution is 0.0712. The van der Waals surface area contributed by atoms with Gasteiger partial charge >= 0.3 is 0 Å². The lowest BCUT2D eigenvalue weighted by atomic mass is 10.3. The lowest BCUT2D eigenvalue weighted by Gasteiger charge is -2.47. The van der Waals surface area contributed by atoms with Crippen LogP contribution in [0, 0.1) is 0 Å². The minimum Gasteiger partial charge on any atom is -0.429 e. The van der Waals surface area contributed by atoms with Crippen molar-refractivity contribution in [3.05, 3.63) is 0 Å². The van der Waals surface area contributed by atoms with E-state index in [1.54, 1.807) is 13.8 Å². The second-order valence-corrected chi connectivity index (χ2v) is 14.9. The molecule has 0 radical (unpaired) electrons. The topological polar surface area (TPSA) is 49.7 Å². The molecule has 0 aromatic heterocycles. The Morgan fingerprint density at radius 2 is 1.44 bits per heavy atom. The molecule has 0 amide bonds. The highest BCUT2D eigenvalue weighted by Crippen LogP contribution is 2.33. The Hall–Kier alpha value is 0.314. The summed E-state index contributed by atoms with van der Waals surface area (Å²) in [5.74, 6) is 0. The van der Waals surface area contributed by atoms with E-state index in [4.69, 9.17) is 4.43 Å². The monoisotopic (exact) mass is 264 g/mol. The van der Waals surface area contributed by atoms with E-state index in [1.807, 2.05) is 40.0 Å². The molecular weight excluding hydrogens is 236 g/mol. The average molecular weight is 265 g/mol. The van der Waals surface area contributed by atoms with E-state index < -0.39 is 27.1 Å².